The van der Waals surface area contributed by atoms with Crippen LogP contribution in [0.15, 0.2) is 136 Å². The van der Waals surface area contributed by atoms with Crippen molar-refractivity contribution in [3.63, 3.8) is 0 Å². The number of aromatic nitrogens is 3. The second-order valence-electron chi connectivity index (χ2n) is 11.6. The first-order valence-corrected chi connectivity index (χ1v) is 19.9. The van der Waals surface area contributed by atoms with Gasteiger partial charge in [-0.15, -0.1) is 30.7 Å². The summed E-state index contributed by atoms with van der Waals surface area (Å²) in [7, 11) is -14.4. The Hall–Kier alpha value is -6.96. The third-order valence-corrected chi connectivity index (χ3v) is 10.7. The molecule has 0 saturated carbocycles. The Kier molecular flexibility index (Phi) is 9.60. The zero-order chi connectivity index (χ0) is 40.9. The number of fused-ring (bicyclic) bond motifs is 3. The summed E-state index contributed by atoms with van der Waals surface area (Å²) in [5.74, 6) is -3.90. The Morgan fingerprint density at radius 2 is 0.596 bits per heavy atom. The third-order valence-electron chi connectivity index (χ3n) is 8.03. The molecule has 0 unspecified atom stereocenters. The van der Waals surface area contributed by atoms with Crippen LogP contribution in [0.25, 0.3) is 32.3 Å². The van der Waals surface area contributed by atoms with Crippen LogP contribution in [0.4, 0.5) is 34.9 Å². The van der Waals surface area contributed by atoms with Crippen LogP contribution >= 0.6 is 0 Å². The number of rotatable bonds is 9. The summed E-state index contributed by atoms with van der Waals surface area (Å²) >= 11 is 0. The summed E-state index contributed by atoms with van der Waals surface area (Å²) in [6.45, 7) is 0. The predicted molar refractivity (Wildman–Crippen MR) is 199 cm³/mol. The van der Waals surface area contributed by atoms with Gasteiger partial charge in [0.15, 0.2) is 0 Å². The molecule has 1 aromatic heterocycles. The summed E-state index contributed by atoms with van der Waals surface area (Å²) in [5.41, 5.74) is -0.846. The molecule has 21 nitrogen and oxygen atoms in total. The molecule has 6 aromatic carbocycles. The standard InChI is InChI=1S/C33H21N9O12S3/c43-22-13-25(55(46,47)48)16-7-1-4-10-19(16)28(22)37-40-31-34-32(41-38-29-20-11-5-2-8-17(20)26(14-23(29)44)56(49,50)51)36-33(35-31)42-39-30-21-12-6-3-9-18(21)27(15-24(30)45)57(52,53)54/h1-15,43-45H,(H,46,47,48)(H,49,50,51)(H,52,53,54). The molecular formula is C33H21N9O12S3. The second-order valence-corrected chi connectivity index (χ2v) is 15.8. The molecule has 7 rings (SSSR count). The minimum Gasteiger partial charge on any atom is -0.506 e. The molecule has 288 valence electrons. The van der Waals surface area contributed by atoms with Crippen LogP contribution in [0, 0.1) is 0 Å². The first kappa shape index (κ1) is 38.3. The highest BCUT2D eigenvalue weighted by Gasteiger charge is 2.22. The van der Waals surface area contributed by atoms with Crippen LogP contribution < -0.4 is 0 Å². The van der Waals surface area contributed by atoms with Gasteiger partial charge in [0.2, 0.25) is 0 Å². The average Bonchev–Trinajstić information content (AvgIpc) is 3.14. The molecule has 0 fully saturated rings. The van der Waals surface area contributed by atoms with Crippen LogP contribution in [0.3, 0.4) is 0 Å². The lowest BCUT2D eigenvalue weighted by Crippen LogP contribution is -1.99. The summed E-state index contributed by atoms with van der Waals surface area (Å²) in [6, 6.07) is 19.4. The van der Waals surface area contributed by atoms with E-state index < -0.39 is 80.1 Å². The molecule has 0 atom stereocenters. The fourth-order valence-corrected chi connectivity index (χ4v) is 7.80. The van der Waals surface area contributed by atoms with Gasteiger partial charge >= 0.3 is 0 Å². The van der Waals surface area contributed by atoms with Gasteiger partial charge in [-0.25, -0.2) is 0 Å². The molecule has 6 N–H and O–H groups in total. The van der Waals surface area contributed by atoms with E-state index in [9.17, 15) is 54.2 Å². The van der Waals surface area contributed by atoms with Crippen LogP contribution in [-0.2, 0) is 30.4 Å². The van der Waals surface area contributed by atoms with Crippen molar-refractivity contribution in [1.82, 2.24) is 15.0 Å². The summed E-state index contributed by atoms with van der Waals surface area (Å²) in [5, 5.41) is 55.9. The average molecular weight is 832 g/mol. The molecule has 1 heterocycles. The molecule has 0 radical (unpaired) electrons. The Balaban J connectivity index is 1.38. The maximum absolute atomic E-state index is 12.0. The number of phenolic OH excluding ortho intramolecular Hbond substituents is 3. The van der Waals surface area contributed by atoms with Crippen LogP contribution in [0.2, 0.25) is 0 Å². The number of phenols is 3. The first-order chi connectivity index (χ1) is 26.9. The van der Waals surface area contributed by atoms with Gasteiger partial charge in [-0.2, -0.15) is 40.2 Å². The van der Waals surface area contributed by atoms with Gasteiger partial charge in [-0.3, -0.25) is 13.7 Å². The van der Waals surface area contributed by atoms with Crippen molar-refractivity contribution in [2.24, 2.45) is 30.7 Å². The Morgan fingerprint density at radius 3 is 0.825 bits per heavy atom. The molecule has 0 amide bonds. The normalized spacial score (nSPS) is 12.9. The largest absolute Gasteiger partial charge is 0.506 e. The van der Waals surface area contributed by atoms with E-state index in [1.807, 2.05) is 0 Å². The maximum atomic E-state index is 12.0. The monoisotopic (exact) mass is 831 g/mol. The zero-order valence-corrected chi connectivity index (χ0v) is 30.5. The van der Waals surface area contributed by atoms with E-state index in [-0.39, 0.29) is 49.4 Å². The van der Waals surface area contributed by atoms with E-state index in [4.69, 9.17) is 0 Å². The van der Waals surface area contributed by atoms with Crippen LogP contribution in [0.5, 0.6) is 17.2 Å². The number of benzene rings is 6. The SMILES string of the molecule is O=S(=O)(O)c1cc(O)c(N=Nc2nc(N=Nc3c(O)cc(S(=O)(=O)O)c4ccccc34)nc(N=Nc3c(O)cc(S(=O)(=O)O)c4ccccc34)n2)c2ccccc12. The van der Waals surface area contributed by atoms with Gasteiger partial charge in [-0.1, -0.05) is 72.8 Å². The molecular weight excluding hydrogens is 811 g/mol. The maximum Gasteiger partial charge on any atom is 0.295 e. The van der Waals surface area contributed by atoms with E-state index in [1.165, 1.54) is 72.8 Å². The molecule has 0 aliphatic carbocycles. The van der Waals surface area contributed by atoms with Crippen LogP contribution in [0.1, 0.15) is 0 Å². The van der Waals surface area contributed by atoms with Crippen molar-refractivity contribution < 1.29 is 54.2 Å². The minimum atomic E-state index is -4.79. The first-order valence-electron chi connectivity index (χ1n) is 15.6. The number of hydrogen-bond acceptors (Lipinski definition) is 18. The zero-order valence-electron chi connectivity index (χ0n) is 28.0. The van der Waals surface area contributed by atoms with Crippen molar-refractivity contribution in [2.45, 2.75) is 14.7 Å². The van der Waals surface area contributed by atoms with Gasteiger partial charge < -0.3 is 15.3 Å². The number of aromatic hydroxyl groups is 3. The van der Waals surface area contributed by atoms with E-state index in [2.05, 4.69) is 45.6 Å². The molecule has 0 aliphatic heterocycles. The Bertz CT molecular complexity index is 2910. The van der Waals surface area contributed by atoms with Crippen molar-refractivity contribution in [2.75, 3.05) is 0 Å². The molecule has 0 aliphatic rings. The fourth-order valence-electron chi connectivity index (χ4n) is 5.66. The molecule has 24 heteroatoms. The Labute approximate surface area is 319 Å². The smallest absolute Gasteiger partial charge is 0.295 e. The molecule has 57 heavy (non-hydrogen) atoms. The Morgan fingerprint density at radius 1 is 0.368 bits per heavy atom. The van der Waals surface area contributed by atoms with Crippen LogP contribution in [-0.4, -0.2) is 69.2 Å². The van der Waals surface area contributed by atoms with E-state index in [0.29, 0.717) is 0 Å². The lowest BCUT2D eigenvalue weighted by molar-refractivity contribution is 0.468. The van der Waals surface area contributed by atoms with Crippen molar-refractivity contribution in [3.8, 4) is 17.2 Å². The van der Waals surface area contributed by atoms with E-state index in [0.717, 1.165) is 18.2 Å². The number of hydrogen-bond donors (Lipinski definition) is 6. The second kappa shape index (κ2) is 14.3. The van der Waals surface area contributed by atoms with Gasteiger partial charge in [0.05, 0.1) is 0 Å². The molecule has 0 saturated heterocycles. The van der Waals surface area contributed by atoms with Crippen molar-refractivity contribution in [3.05, 3.63) is 91.0 Å². The lowest BCUT2D eigenvalue weighted by atomic mass is 10.1. The number of nitrogens with zero attached hydrogens (tertiary/aromatic N) is 9. The molecule has 0 bridgehead atoms. The van der Waals surface area contributed by atoms with Gasteiger partial charge in [0, 0.05) is 50.5 Å². The van der Waals surface area contributed by atoms with E-state index >= 15 is 0 Å². The van der Waals surface area contributed by atoms with Gasteiger partial charge in [0.25, 0.3) is 48.2 Å². The third kappa shape index (κ3) is 7.66. The molecule has 0 spiro atoms. The lowest BCUT2D eigenvalue weighted by Gasteiger charge is -2.08. The van der Waals surface area contributed by atoms with Crippen molar-refractivity contribution in [1.29, 1.82) is 0 Å². The summed E-state index contributed by atoms with van der Waals surface area (Å²) in [6.07, 6.45) is 0. The predicted octanol–water partition coefficient (Wildman–Crippen LogP) is 7.43. The highest BCUT2D eigenvalue weighted by molar-refractivity contribution is 7.86. The van der Waals surface area contributed by atoms with E-state index in [1.54, 1.807) is 0 Å². The fraction of sp³-hybridized carbons (Fsp3) is 0. The summed E-state index contributed by atoms with van der Waals surface area (Å²) < 4.78 is 101. The number of azo groups is 3. The topological polar surface area (TPSA) is 337 Å². The highest BCUT2D eigenvalue weighted by atomic mass is 32.2. The highest BCUT2D eigenvalue weighted by Crippen LogP contribution is 2.43. The van der Waals surface area contributed by atoms with Crippen molar-refractivity contribution >= 4 is 97.6 Å². The van der Waals surface area contributed by atoms with Gasteiger partial charge in [-0.05, 0) is 0 Å². The quantitative estimate of drug-likeness (QED) is 0.0608. The summed E-state index contributed by atoms with van der Waals surface area (Å²) in [4.78, 5) is 10.3. The minimum absolute atomic E-state index is 0.0227. The van der Waals surface area contributed by atoms with Gasteiger partial charge in [0.1, 0.15) is 49.0 Å². The molecule has 7 aromatic rings.